The Morgan fingerprint density at radius 2 is 0.633 bits per heavy atom. The van der Waals surface area contributed by atoms with Gasteiger partial charge in [0.1, 0.15) is 0 Å². The van der Waals surface area contributed by atoms with Gasteiger partial charge in [-0.15, -0.1) is 0 Å². The van der Waals surface area contributed by atoms with E-state index in [-0.39, 0.29) is 0 Å². The van der Waals surface area contributed by atoms with Crippen molar-refractivity contribution in [2.24, 2.45) is 0 Å². The van der Waals surface area contributed by atoms with Gasteiger partial charge in [0, 0.05) is 0 Å². The summed E-state index contributed by atoms with van der Waals surface area (Å²) in [6.07, 6.45) is 0. The largest absolute Gasteiger partial charge is 0.0622 e. The number of rotatable bonds is 4. The topological polar surface area (TPSA) is 0 Å². The third-order valence-electron chi connectivity index (χ3n) is 13.7. The predicted molar refractivity (Wildman–Crippen MR) is 259 cm³/mol. The van der Waals surface area contributed by atoms with Crippen molar-refractivity contribution in [1.82, 2.24) is 0 Å². The summed E-state index contributed by atoms with van der Waals surface area (Å²) >= 11 is 0. The van der Waals surface area contributed by atoms with Crippen LogP contribution in [0.2, 0.25) is 0 Å². The van der Waals surface area contributed by atoms with Crippen LogP contribution in [-0.2, 0) is 0 Å². The minimum absolute atomic E-state index is 1.22. The number of benzene rings is 12. The van der Waals surface area contributed by atoms with E-state index in [1.807, 2.05) is 0 Å². The highest BCUT2D eigenvalue weighted by molar-refractivity contribution is 6.46. The first-order valence-electron chi connectivity index (χ1n) is 21.0. The van der Waals surface area contributed by atoms with E-state index < -0.39 is 0 Å². The van der Waals surface area contributed by atoms with Crippen LogP contribution in [0, 0.1) is 0 Å². The van der Waals surface area contributed by atoms with Gasteiger partial charge in [-0.2, -0.15) is 0 Å². The second-order valence-electron chi connectivity index (χ2n) is 16.6. The zero-order valence-electron chi connectivity index (χ0n) is 32.6. The molecule has 0 saturated carbocycles. The maximum Gasteiger partial charge on any atom is -0.000696 e. The van der Waals surface area contributed by atoms with E-state index >= 15 is 0 Å². The lowest BCUT2D eigenvalue weighted by Crippen LogP contribution is -1.93. The average molecular weight is 755 g/mol. The molecule has 0 saturated heterocycles. The Kier molecular flexibility index (Phi) is 6.38. The Bertz CT molecular complexity index is 4020. The summed E-state index contributed by atoms with van der Waals surface area (Å²) in [5, 5.41) is 23.7. The average Bonchev–Trinajstić information content (AvgIpc) is 3.81. The summed E-state index contributed by atoms with van der Waals surface area (Å²) in [4.78, 5) is 0. The van der Waals surface area contributed by atoms with Gasteiger partial charge < -0.3 is 0 Å². The lowest BCUT2D eigenvalue weighted by molar-refractivity contribution is 1.61. The van der Waals surface area contributed by atoms with Gasteiger partial charge in [-0.25, -0.2) is 0 Å². The summed E-state index contributed by atoms with van der Waals surface area (Å²) < 4.78 is 0. The van der Waals surface area contributed by atoms with Gasteiger partial charge in [-0.05, 0) is 160 Å². The lowest BCUT2D eigenvalue weighted by atomic mass is 9.82. The third kappa shape index (κ3) is 4.19. The van der Waals surface area contributed by atoms with Gasteiger partial charge in [-0.1, -0.05) is 188 Å². The molecule has 14 rings (SSSR count). The van der Waals surface area contributed by atoms with Crippen molar-refractivity contribution in [3.63, 3.8) is 0 Å². The van der Waals surface area contributed by atoms with Crippen molar-refractivity contribution in [2.45, 2.75) is 0 Å². The monoisotopic (exact) mass is 754 g/mol. The third-order valence-corrected chi connectivity index (χ3v) is 13.7. The normalized spacial score (nSPS) is 12.3. The molecule has 0 bridgehead atoms. The second-order valence-corrected chi connectivity index (χ2v) is 16.6. The molecule has 0 heteroatoms. The Morgan fingerprint density at radius 3 is 1.22 bits per heavy atom. The summed E-state index contributed by atoms with van der Waals surface area (Å²) in [5.41, 5.74) is 10.0. The fourth-order valence-electron chi connectivity index (χ4n) is 11.3. The lowest BCUT2D eigenvalue weighted by Gasteiger charge is -2.21. The zero-order valence-corrected chi connectivity index (χ0v) is 32.6. The molecule has 0 heterocycles. The van der Waals surface area contributed by atoms with Crippen LogP contribution in [-0.4, -0.2) is 0 Å². The van der Waals surface area contributed by atoms with Crippen molar-refractivity contribution in [1.29, 1.82) is 0 Å². The number of hydrogen-bond acceptors (Lipinski definition) is 0. The molecule has 0 N–H and O–H groups in total. The first-order chi connectivity index (χ1) is 29.8. The van der Waals surface area contributed by atoms with Gasteiger partial charge in [0.2, 0.25) is 0 Å². The Hall–Kier alpha value is -7.80. The Balaban J connectivity index is 1.31. The van der Waals surface area contributed by atoms with E-state index in [4.69, 9.17) is 0 Å². The number of fused-ring (bicyclic) bond motifs is 7. The van der Waals surface area contributed by atoms with Crippen molar-refractivity contribution < 1.29 is 0 Å². The number of hydrogen-bond donors (Lipinski definition) is 0. The molecule has 0 aromatic heterocycles. The predicted octanol–water partition coefficient (Wildman–Crippen LogP) is 17.0. The summed E-state index contributed by atoms with van der Waals surface area (Å²) in [7, 11) is 0. The molecule has 0 unspecified atom stereocenters. The van der Waals surface area contributed by atoms with Gasteiger partial charge in [0.15, 0.2) is 0 Å². The highest BCUT2D eigenvalue weighted by Gasteiger charge is 2.28. The van der Waals surface area contributed by atoms with E-state index in [0.717, 1.165) is 0 Å². The summed E-state index contributed by atoms with van der Waals surface area (Å²) in [6, 6.07) is 77.6. The van der Waals surface area contributed by atoms with Gasteiger partial charge in [-0.3, -0.25) is 0 Å². The van der Waals surface area contributed by atoms with Crippen molar-refractivity contribution in [3.05, 3.63) is 206 Å². The maximum absolute atomic E-state index is 2.56. The summed E-state index contributed by atoms with van der Waals surface area (Å²) in [6.45, 7) is 0. The smallest absolute Gasteiger partial charge is 0.000696 e. The molecule has 0 spiro atoms. The highest BCUT2D eigenvalue weighted by atomic mass is 14.3. The van der Waals surface area contributed by atoms with E-state index in [1.54, 1.807) is 0 Å². The minimum atomic E-state index is 1.22. The first-order valence-corrected chi connectivity index (χ1v) is 21.0. The van der Waals surface area contributed by atoms with Gasteiger partial charge >= 0.3 is 0 Å². The minimum Gasteiger partial charge on any atom is -0.0622 e. The quantitative estimate of drug-likeness (QED) is 0.157. The fraction of sp³-hybridized carbons (Fsp3) is 0. The molecule has 0 aliphatic carbocycles. The van der Waals surface area contributed by atoms with Crippen LogP contribution in [0.1, 0.15) is 0 Å². The van der Waals surface area contributed by atoms with Crippen LogP contribution in [0.25, 0.3) is 141 Å². The SMILES string of the molecule is c1ccc(-c2ccccc2-c2c3cc4c(cc3c(-c3ccccc3-c3ccccc3)c3c5cc6cccc7ccc8ccc(c23)c5c8c76)c2cccc3cccc4c32)cc1. The first kappa shape index (κ1) is 32.2. The van der Waals surface area contributed by atoms with E-state index in [2.05, 4.69) is 206 Å². The van der Waals surface area contributed by atoms with E-state index in [1.165, 1.54) is 141 Å². The van der Waals surface area contributed by atoms with Crippen LogP contribution >= 0.6 is 0 Å². The molecule has 0 amide bonds. The van der Waals surface area contributed by atoms with Crippen molar-refractivity contribution >= 4 is 97.0 Å². The van der Waals surface area contributed by atoms with Gasteiger partial charge in [0.05, 0.1) is 0 Å². The molecule has 0 radical (unpaired) electrons. The second kappa shape index (κ2) is 11.9. The molecule has 274 valence electrons. The molecule has 14 aromatic rings. The maximum atomic E-state index is 2.56. The van der Waals surface area contributed by atoms with Crippen LogP contribution in [0.5, 0.6) is 0 Å². The highest BCUT2D eigenvalue weighted by Crippen LogP contribution is 2.56. The molecule has 0 atom stereocenters. The van der Waals surface area contributed by atoms with Crippen LogP contribution < -0.4 is 0 Å². The van der Waals surface area contributed by atoms with Crippen molar-refractivity contribution in [2.75, 3.05) is 0 Å². The molecular formula is C60H34. The molecular weight excluding hydrogens is 721 g/mol. The van der Waals surface area contributed by atoms with Gasteiger partial charge in [0.25, 0.3) is 0 Å². The Labute approximate surface area is 346 Å². The fourth-order valence-corrected chi connectivity index (χ4v) is 11.3. The zero-order chi connectivity index (χ0) is 39.1. The standard InChI is InChI=1S/C60H34/c1-3-14-35(15-4-1)41-22-7-9-24-43(41)56-50-33-48-45-26-12-19-37-20-13-27-46(54(37)45)49(48)34-51(50)57(44-25-10-8-23-42(44)36-16-5-2-6-17-36)60-52-32-40-21-11-18-38-28-29-39-30-31-47(59(56)60)58(52)55(39)53(38)40/h1-34H. The van der Waals surface area contributed by atoms with E-state index in [9.17, 15) is 0 Å². The Morgan fingerprint density at radius 1 is 0.183 bits per heavy atom. The molecule has 0 aliphatic rings. The van der Waals surface area contributed by atoms with Crippen molar-refractivity contribution in [3.8, 4) is 44.5 Å². The molecule has 0 fully saturated rings. The molecule has 0 aliphatic heterocycles. The van der Waals surface area contributed by atoms with Crippen LogP contribution in [0.4, 0.5) is 0 Å². The van der Waals surface area contributed by atoms with Crippen LogP contribution in [0.3, 0.4) is 0 Å². The molecule has 0 nitrogen and oxygen atoms in total. The molecule has 14 aromatic carbocycles. The summed E-state index contributed by atoms with van der Waals surface area (Å²) in [5.74, 6) is 0. The molecule has 60 heavy (non-hydrogen) atoms. The van der Waals surface area contributed by atoms with Crippen LogP contribution in [0.15, 0.2) is 206 Å². The van der Waals surface area contributed by atoms with E-state index in [0.29, 0.717) is 0 Å².